The van der Waals surface area contributed by atoms with Crippen LogP contribution in [0.25, 0.3) is 0 Å². The average Bonchev–Trinajstić information content (AvgIpc) is 2.53. The smallest absolute Gasteiger partial charge is 0.223 e. The van der Waals surface area contributed by atoms with Crippen LogP contribution >= 0.6 is 11.6 Å². The largest absolute Gasteiger partial charge is 0.493 e. The summed E-state index contributed by atoms with van der Waals surface area (Å²) in [5.74, 6) is 1.27. The van der Waals surface area contributed by atoms with Crippen LogP contribution < -0.4 is 15.4 Å². The normalized spacial score (nSPS) is 10.0. The van der Waals surface area contributed by atoms with Crippen LogP contribution in [0.4, 0.5) is 5.82 Å². The van der Waals surface area contributed by atoms with Crippen LogP contribution in [0, 0.1) is 0 Å². The molecule has 0 radical (unpaired) electrons. The zero-order valence-corrected chi connectivity index (χ0v) is 12.7. The number of amides is 1. The van der Waals surface area contributed by atoms with Gasteiger partial charge in [-0.25, -0.2) is 4.98 Å². The highest BCUT2D eigenvalue weighted by Crippen LogP contribution is 2.16. The Morgan fingerprint density at radius 2 is 2.18 bits per heavy atom. The van der Waals surface area contributed by atoms with Crippen LogP contribution in [-0.2, 0) is 4.79 Å². The van der Waals surface area contributed by atoms with Crippen molar-refractivity contribution in [2.24, 2.45) is 0 Å². The predicted octanol–water partition coefficient (Wildman–Crippen LogP) is 2.13. The molecule has 2 aromatic rings. The predicted molar refractivity (Wildman–Crippen MR) is 85.1 cm³/mol. The van der Waals surface area contributed by atoms with E-state index in [9.17, 15) is 4.79 Å². The number of nitrogens with one attached hydrogen (secondary N) is 2. The van der Waals surface area contributed by atoms with Crippen LogP contribution in [0.1, 0.15) is 6.42 Å². The van der Waals surface area contributed by atoms with Crippen LogP contribution in [0.15, 0.2) is 42.9 Å². The molecule has 0 saturated carbocycles. The first-order valence-corrected chi connectivity index (χ1v) is 7.27. The molecule has 2 rings (SSSR count). The van der Waals surface area contributed by atoms with Gasteiger partial charge in [-0.2, -0.15) is 0 Å². The maximum Gasteiger partial charge on any atom is 0.223 e. The van der Waals surface area contributed by atoms with Crippen molar-refractivity contribution in [3.63, 3.8) is 0 Å². The van der Waals surface area contributed by atoms with E-state index in [1.165, 1.54) is 0 Å². The van der Waals surface area contributed by atoms with E-state index in [0.717, 1.165) is 0 Å². The quantitative estimate of drug-likeness (QED) is 0.729. The number of hydrogen-bond donors (Lipinski definition) is 2. The first kappa shape index (κ1) is 16.0. The Morgan fingerprint density at radius 1 is 1.27 bits per heavy atom. The zero-order valence-electron chi connectivity index (χ0n) is 12.0. The third-order valence-electron chi connectivity index (χ3n) is 2.71. The summed E-state index contributed by atoms with van der Waals surface area (Å²) in [5.41, 5.74) is 0. The summed E-state index contributed by atoms with van der Waals surface area (Å²) in [5, 5.41) is 6.46. The molecule has 1 aromatic heterocycles. The number of aromatic nitrogens is 2. The summed E-state index contributed by atoms with van der Waals surface area (Å²) in [4.78, 5) is 19.6. The maximum atomic E-state index is 11.6. The lowest BCUT2D eigenvalue weighted by atomic mass is 10.3. The van der Waals surface area contributed by atoms with Crippen molar-refractivity contribution in [1.29, 1.82) is 0 Å². The molecule has 22 heavy (non-hydrogen) atoms. The lowest BCUT2D eigenvalue weighted by molar-refractivity contribution is -0.121. The van der Waals surface area contributed by atoms with Gasteiger partial charge in [-0.15, -0.1) is 0 Å². The third kappa shape index (κ3) is 5.97. The number of nitrogens with zero attached hydrogens (tertiary/aromatic N) is 2. The van der Waals surface area contributed by atoms with E-state index in [-0.39, 0.29) is 12.3 Å². The van der Waals surface area contributed by atoms with E-state index in [1.807, 2.05) is 0 Å². The van der Waals surface area contributed by atoms with Crippen molar-refractivity contribution in [1.82, 2.24) is 15.3 Å². The fourth-order valence-corrected chi connectivity index (χ4v) is 1.87. The number of rotatable bonds is 8. The molecule has 0 fully saturated rings. The molecule has 1 aromatic carbocycles. The number of halogens is 1. The number of ether oxygens (including phenoxy) is 1. The van der Waals surface area contributed by atoms with Gasteiger partial charge in [0.05, 0.1) is 19.2 Å². The first-order valence-electron chi connectivity index (χ1n) is 6.89. The highest BCUT2D eigenvalue weighted by molar-refractivity contribution is 6.30. The minimum atomic E-state index is -0.0667. The zero-order chi connectivity index (χ0) is 15.6. The van der Waals surface area contributed by atoms with Crippen LogP contribution in [0.3, 0.4) is 0 Å². The second-order valence-corrected chi connectivity index (χ2v) is 4.86. The van der Waals surface area contributed by atoms with Crippen molar-refractivity contribution in [2.75, 3.05) is 25.0 Å². The Morgan fingerprint density at radius 3 is 2.95 bits per heavy atom. The second kappa shape index (κ2) is 8.84. The van der Waals surface area contributed by atoms with Gasteiger partial charge in [0, 0.05) is 30.5 Å². The molecule has 1 heterocycles. The summed E-state index contributed by atoms with van der Waals surface area (Å²) in [6.45, 7) is 1.40. The summed E-state index contributed by atoms with van der Waals surface area (Å²) in [7, 11) is 0. The fraction of sp³-hybridized carbons (Fsp3) is 0.267. The van der Waals surface area contributed by atoms with Crippen LogP contribution in [0.5, 0.6) is 5.75 Å². The second-order valence-electron chi connectivity index (χ2n) is 4.42. The highest BCUT2D eigenvalue weighted by atomic mass is 35.5. The lowest BCUT2D eigenvalue weighted by Gasteiger charge is -2.08. The SMILES string of the molecule is O=C(CCOc1cccc(Cl)c1)NCCNc1cnccn1. The van der Waals surface area contributed by atoms with Gasteiger partial charge in [0.2, 0.25) is 5.91 Å². The standard InChI is InChI=1S/C15H17ClN4O2/c16-12-2-1-3-13(10-12)22-9-4-15(21)20-8-7-19-14-11-17-5-6-18-14/h1-3,5-6,10-11H,4,7-9H2,(H,18,19)(H,20,21). The molecule has 0 atom stereocenters. The molecule has 0 aliphatic rings. The van der Waals surface area contributed by atoms with Gasteiger partial charge < -0.3 is 15.4 Å². The highest BCUT2D eigenvalue weighted by Gasteiger charge is 2.02. The van der Waals surface area contributed by atoms with E-state index < -0.39 is 0 Å². The molecule has 2 N–H and O–H groups in total. The topological polar surface area (TPSA) is 76.1 Å². The van der Waals surface area contributed by atoms with Crippen molar-refractivity contribution in [3.8, 4) is 5.75 Å². The van der Waals surface area contributed by atoms with Crippen molar-refractivity contribution >= 4 is 23.3 Å². The Hall–Kier alpha value is -2.34. The summed E-state index contributed by atoms with van der Waals surface area (Å²) in [6.07, 6.45) is 5.12. The molecule has 1 amide bonds. The van der Waals surface area contributed by atoms with Crippen molar-refractivity contribution in [3.05, 3.63) is 47.9 Å². The maximum absolute atomic E-state index is 11.6. The summed E-state index contributed by atoms with van der Waals surface area (Å²) < 4.78 is 5.45. The van der Waals surface area contributed by atoms with Gasteiger partial charge in [0.15, 0.2) is 0 Å². The molecule has 0 bridgehead atoms. The third-order valence-corrected chi connectivity index (χ3v) is 2.95. The van der Waals surface area contributed by atoms with Gasteiger partial charge in [0.25, 0.3) is 0 Å². The lowest BCUT2D eigenvalue weighted by Crippen LogP contribution is -2.29. The minimum Gasteiger partial charge on any atom is -0.493 e. The molecule has 0 aliphatic heterocycles. The molecule has 6 nitrogen and oxygen atoms in total. The molecule has 0 saturated heterocycles. The Labute approximate surface area is 133 Å². The molecule has 0 spiro atoms. The molecular formula is C15H17ClN4O2. The molecule has 0 aliphatic carbocycles. The van der Waals surface area contributed by atoms with E-state index in [1.54, 1.807) is 42.9 Å². The van der Waals surface area contributed by atoms with Crippen LogP contribution in [0.2, 0.25) is 5.02 Å². The first-order chi connectivity index (χ1) is 10.7. The number of hydrogen-bond acceptors (Lipinski definition) is 5. The Kier molecular flexibility index (Phi) is 6.44. The Balaban J connectivity index is 1.56. The fourth-order valence-electron chi connectivity index (χ4n) is 1.69. The molecule has 0 unspecified atom stereocenters. The Bertz CT molecular complexity index is 595. The summed E-state index contributed by atoms with van der Waals surface area (Å²) >= 11 is 5.85. The molecule has 116 valence electrons. The number of anilines is 1. The van der Waals surface area contributed by atoms with Crippen LogP contribution in [-0.4, -0.2) is 35.6 Å². The number of benzene rings is 1. The van der Waals surface area contributed by atoms with Crippen molar-refractivity contribution < 1.29 is 9.53 Å². The van der Waals surface area contributed by atoms with Gasteiger partial charge >= 0.3 is 0 Å². The monoisotopic (exact) mass is 320 g/mol. The van der Waals surface area contributed by atoms with Gasteiger partial charge in [0.1, 0.15) is 11.6 Å². The van der Waals surface area contributed by atoms with E-state index in [0.29, 0.717) is 36.3 Å². The van der Waals surface area contributed by atoms with E-state index >= 15 is 0 Å². The van der Waals surface area contributed by atoms with E-state index in [2.05, 4.69) is 20.6 Å². The minimum absolute atomic E-state index is 0.0667. The average molecular weight is 321 g/mol. The van der Waals surface area contributed by atoms with E-state index in [4.69, 9.17) is 16.3 Å². The molecular weight excluding hydrogens is 304 g/mol. The number of carbonyl (C=O) groups excluding carboxylic acids is 1. The van der Waals surface area contributed by atoms with Gasteiger partial charge in [-0.05, 0) is 18.2 Å². The van der Waals surface area contributed by atoms with Crippen molar-refractivity contribution in [2.45, 2.75) is 6.42 Å². The molecule has 7 heteroatoms. The van der Waals surface area contributed by atoms with Gasteiger partial charge in [-0.1, -0.05) is 17.7 Å². The summed E-state index contributed by atoms with van der Waals surface area (Å²) in [6, 6.07) is 7.08. The van der Waals surface area contributed by atoms with Gasteiger partial charge in [-0.3, -0.25) is 9.78 Å². The number of carbonyl (C=O) groups is 1.